The second-order valence-electron chi connectivity index (χ2n) is 4.04. The Bertz CT molecular complexity index is 517. The second-order valence-corrected chi connectivity index (χ2v) is 5.15. The second kappa shape index (κ2) is 5.35. The van der Waals surface area contributed by atoms with Crippen molar-refractivity contribution in [1.29, 1.82) is 0 Å². The molecule has 0 bridgehead atoms. The van der Waals surface area contributed by atoms with Gasteiger partial charge in [-0.05, 0) is 37.8 Å². The molecule has 18 heavy (non-hydrogen) atoms. The lowest BCUT2D eigenvalue weighted by molar-refractivity contribution is -0.111. The highest BCUT2D eigenvalue weighted by Gasteiger charge is 2.27. The molecule has 0 fully saturated rings. The standard InChI is InChI=1S/C13H15NO3S/c1-3-5-10(15)14-12-11(13(16)17-2)8-6-4-7-9(8)18-12/h3,5H,4,6-7H2,1-2H3,(H,14,15)/b5-3+. The minimum absolute atomic E-state index is 0.220. The van der Waals surface area contributed by atoms with Crippen molar-refractivity contribution in [3.05, 3.63) is 28.2 Å². The highest BCUT2D eigenvalue weighted by atomic mass is 32.1. The number of fused-ring (bicyclic) bond motifs is 1. The van der Waals surface area contributed by atoms with E-state index in [1.165, 1.54) is 29.4 Å². The summed E-state index contributed by atoms with van der Waals surface area (Å²) in [5.74, 6) is -0.590. The van der Waals surface area contributed by atoms with Gasteiger partial charge in [0.25, 0.3) is 0 Å². The number of thiophene rings is 1. The molecule has 1 N–H and O–H groups in total. The largest absolute Gasteiger partial charge is 0.465 e. The number of amides is 1. The predicted octanol–water partition coefficient (Wildman–Crippen LogP) is 2.54. The number of aryl methyl sites for hydroxylation is 1. The van der Waals surface area contributed by atoms with Crippen molar-refractivity contribution in [2.24, 2.45) is 0 Å². The molecule has 0 saturated heterocycles. The van der Waals surface area contributed by atoms with Gasteiger partial charge < -0.3 is 10.1 Å². The van der Waals surface area contributed by atoms with Crippen LogP contribution < -0.4 is 5.32 Å². The zero-order valence-corrected chi connectivity index (χ0v) is 11.2. The average molecular weight is 265 g/mol. The van der Waals surface area contributed by atoms with Crippen LogP contribution in [0.5, 0.6) is 0 Å². The van der Waals surface area contributed by atoms with Crippen LogP contribution in [0.1, 0.15) is 34.1 Å². The van der Waals surface area contributed by atoms with E-state index in [1.54, 1.807) is 13.0 Å². The summed E-state index contributed by atoms with van der Waals surface area (Å²) in [6, 6.07) is 0. The minimum Gasteiger partial charge on any atom is -0.465 e. The van der Waals surface area contributed by atoms with Gasteiger partial charge in [-0.2, -0.15) is 0 Å². The Labute approximate surface area is 110 Å². The summed E-state index contributed by atoms with van der Waals surface area (Å²) in [5, 5.41) is 3.35. The fourth-order valence-electron chi connectivity index (χ4n) is 2.12. The molecule has 0 unspecified atom stereocenters. The normalized spacial score (nSPS) is 13.7. The van der Waals surface area contributed by atoms with Crippen LogP contribution in [0.3, 0.4) is 0 Å². The minimum atomic E-state index is -0.370. The van der Waals surface area contributed by atoms with Crippen molar-refractivity contribution in [2.45, 2.75) is 26.2 Å². The smallest absolute Gasteiger partial charge is 0.341 e. The number of hydrogen-bond acceptors (Lipinski definition) is 4. The maximum Gasteiger partial charge on any atom is 0.341 e. The van der Waals surface area contributed by atoms with Gasteiger partial charge in [0.15, 0.2) is 0 Å². The topological polar surface area (TPSA) is 55.4 Å². The van der Waals surface area contributed by atoms with Crippen molar-refractivity contribution in [1.82, 2.24) is 0 Å². The Morgan fingerprint density at radius 3 is 2.83 bits per heavy atom. The van der Waals surface area contributed by atoms with Gasteiger partial charge in [0.05, 0.1) is 12.7 Å². The summed E-state index contributed by atoms with van der Waals surface area (Å²) in [5.41, 5.74) is 1.58. The van der Waals surface area contributed by atoms with E-state index in [0.29, 0.717) is 10.6 Å². The Hall–Kier alpha value is -1.62. The third kappa shape index (κ3) is 2.31. The lowest BCUT2D eigenvalue weighted by atomic mass is 10.1. The van der Waals surface area contributed by atoms with E-state index in [2.05, 4.69) is 5.32 Å². The van der Waals surface area contributed by atoms with Crippen LogP contribution in [0.2, 0.25) is 0 Å². The number of ether oxygens (including phenoxy) is 1. The summed E-state index contributed by atoms with van der Waals surface area (Å²) in [6.45, 7) is 1.77. The van der Waals surface area contributed by atoms with Gasteiger partial charge in [-0.3, -0.25) is 4.79 Å². The van der Waals surface area contributed by atoms with Gasteiger partial charge in [0.1, 0.15) is 5.00 Å². The van der Waals surface area contributed by atoms with Crippen LogP contribution in [0.15, 0.2) is 12.2 Å². The molecule has 0 saturated carbocycles. The number of anilines is 1. The van der Waals surface area contributed by atoms with Gasteiger partial charge >= 0.3 is 5.97 Å². The molecular weight excluding hydrogens is 250 g/mol. The molecule has 0 spiro atoms. The quantitative estimate of drug-likeness (QED) is 0.675. The molecule has 1 heterocycles. The number of methoxy groups -OCH3 is 1. The number of hydrogen-bond donors (Lipinski definition) is 1. The molecule has 2 rings (SSSR count). The van der Waals surface area contributed by atoms with Crippen molar-refractivity contribution in [3.8, 4) is 0 Å². The van der Waals surface area contributed by atoms with E-state index < -0.39 is 0 Å². The zero-order valence-electron chi connectivity index (χ0n) is 10.4. The van der Waals surface area contributed by atoms with Crippen LogP contribution in [-0.2, 0) is 22.4 Å². The molecule has 0 aromatic carbocycles. The lowest BCUT2D eigenvalue weighted by Gasteiger charge is -2.04. The lowest BCUT2D eigenvalue weighted by Crippen LogP contribution is -2.12. The maximum atomic E-state index is 11.8. The summed E-state index contributed by atoms with van der Waals surface area (Å²) < 4.78 is 4.80. The summed E-state index contributed by atoms with van der Waals surface area (Å²) >= 11 is 1.48. The monoisotopic (exact) mass is 265 g/mol. The van der Waals surface area contributed by atoms with E-state index in [1.807, 2.05) is 0 Å². The third-order valence-electron chi connectivity index (χ3n) is 2.87. The van der Waals surface area contributed by atoms with Crippen molar-refractivity contribution >= 4 is 28.2 Å². The van der Waals surface area contributed by atoms with E-state index in [4.69, 9.17) is 4.74 Å². The van der Waals surface area contributed by atoms with Crippen LogP contribution in [0.25, 0.3) is 0 Å². The third-order valence-corrected chi connectivity index (χ3v) is 4.07. The highest BCUT2D eigenvalue weighted by Crippen LogP contribution is 2.39. The number of rotatable bonds is 3. The molecule has 1 aliphatic rings. The molecule has 96 valence electrons. The Morgan fingerprint density at radius 1 is 1.39 bits per heavy atom. The molecule has 1 amide bonds. The molecule has 0 aliphatic heterocycles. The first kappa shape index (κ1) is 12.8. The van der Waals surface area contributed by atoms with Crippen molar-refractivity contribution < 1.29 is 14.3 Å². The Balaban J connectivity index is 2.35. The van der Waals surface area contributed by atoms with E-state index >= 15 is 0 Å². The Kier molecular flexibility index (Phi) is 3.81. The molecule has 1 aromatic rings. The van der Waals surface area contributed by atoms with Gasteiger partial charge in [-0.15, -0.1) is 11.3 Å². The average Bonchev–Trinajstić information content (AvgIpc) is 2.88. The van der Waals surface area contributed by atoms with Gasteiger partial charge in [0, 0.05) is 4.88 Å². The number of allylic oxidation sites excluding steroid dienone is 1. The number of nitrogens with one attached hydrogen (secondary N) is 1. The molecule has 0 atom stereocenters. The highest BCUT2D eigenvalue weighted by molar-refractivity contribution is 7.17. The van der Waals surface area contributed by atoms with Gasteiger partial charge in [-0.25, -0.2) is 4.79 Å². The summed E-state index contributed by atoms with van der Waals surface area (Å²) in [4.78, 5) is 24.6. The van der Waals surface area contributed by atoms with E-state index in [-0.39, 0.29) is 11.9 Å². The first-order chi connectivity index (χ1) is 8.67. The fourth-order valence-corrected chi connectivity index (χ4v) is 3.40. The SMILES string of the molecule is C/C=C/C(=O)Nc1sc2c(c1C(=O)OC)CCC2. The predicted molar refractivity (Wildman–Crippen MR) is 71.1 cm³/mol. The molecule has 0 radical (unpaired) electrons. The van der Waals surface area contributed by atoms with Gasteiger partial charge in [-0.1, -0.05) is 6.08 Å². The first-order valence-electron chi connectivity index (χ1n) is 5.84. The first-order valence-corrected chi connectivity index (χ1v) is 6.65. The Morgan fingerprint density at radius 2 is 2.17 bits per heavy atom. The molecule has 1 aromatic heterocycles. The fraction of sp³-hybridized carbons (Fsp3) is 0.385. The molecule has 5 heteroatoms. The van der Waals surface area contributed by atoms with Crippen LogP contribution in [-0.4, -0.2) is 19.0 Å². The van der Waals surface area contributed by atoms with Crippen LogP contribution in [0.4, 0.5) is 5.00 Å². The van der Waals surface area contributed by atoms with Crippen LogP contribution in [0, 0.1) is 0 Å². The molecular formula is C13H15NO3S. The summed E-state index contributed by atoms with van der Waals surface area (Å²) in [7, 11) is 1.36. The molecule has 1 aliphatic carbocycles. The number of esters is 1. The van der Waals surface area contributed by atoms with Crippen LogP contribution >= 0.6 is 11.3 Å². The summed E-state index contributed by atoms with van der Waals surface area (Å²) in [6.07, 6.45) is 6.02. The van der Waals surface area contributed by atoms with Gasteiger partial charge in [0.2, 0.25) is 5.91 Å². The number of carbonyl (C=O) groups is 2. The van der Waals surface area contributed by atoms with E-state index in [0.717, 1.165) is 24.8 Å². The number of carbonyl (C=O) groups excluding carboxylic acids is 2. The zero-order chi connectivity index (χ0) is 13.1. The van der Waals surface area contributed by atoms with Crippen molar-refractivity contribution in [3.63, 3.8) is 0 Å². The molecule has 4 nitrogen and oxygen atoms in total. The van der Waals surface area contributed by atoms with Crippen molar-refractivity contribution in [2.75, 3.05) is 12.4 Å². The maximum absolute atomic E-state index is 11.8. The van der Waals surface area contributed by atoms with E-state index in [9.17, 15) is 9.59 Å².